The number of methoxy groups -OCH3 is 1. The molecule has 0 radical (unpaired) electrons. The molecule has 0 aromatic heterocycles. The molecule has 17 heavy (non-hydrogen) atoms. The highest BCUT2D eigenvalue weighted by Crippen LogP contribution is 2.26. The lowest BCUT2D eigenvalue weighted by Gasteiger charge is -2.05. The Balaban J connectivity index is 2.48. The van der Waals surface area contributed by atoms with Crippen molar-refractivity contribution < 1.29 is 14.4 Å². The molecule has 1 aliphatic rings. The van der Waals surface area contributed by atoms with E-state index in [0.717, 1.165) is 0 Å². The van der Waals surface area contributed by atoms with E-state index < -0.39 is 5.97 Å². The van der Waals surface area contributed by atoms with Gasteiger partial charge in [-0.3, -0.25) is 0 Å². The van der Waals surface area contributed by atoms with E-state index in [1.165, 1.54) is 0 Å². The lowest BCUT2D eigenvalue weighted by molar-refractivity contribution is -0.136. The van der Waals surface area contributed by atoms with Gasteiger partial charge >= 0.3 is 5.97 Å². The average molecular weight is 252 g/mol. The number of nitrogens with zero attached hydrogens (tertiary/aromatic N) is 1. The number of oxime groups is 1. The van der Waals surface area contributed by atoms with Crippen molar-refractivity contribution in [2.45, 2.75) is 6.92 Å². The van der Waals surface area contributed by atoms with Gasteiger partial charge in [0.25, 0.3) is 0 Å². The highest BCUT2D eigenvalue weighted by molar-refractivity contribution is 6.31. The molecule has 0 amide bonds. The van der Waals surface area contributed by atoms with Crippen LogP contribution in [-0.4, -0.2) is 18.8 Å². The van der Waals surface area contributed by atoms with E-state index in [4.69, 9.17) is 16.3 Å². The fourth-order valence-corrected chi connectivity index (χ4v) is 1.67. The Morgan fingerprint density at radius 3 is 2.82 bits per heavy atom. The summed E-state index contributed by atoms with van der Waals surface area (Å²) in [5, 5.41) is 4.17. The monoisotopic (exact) mass is 251 g/mol. The van der Waals surface area contributed by atoms with Crippen LogP contribution in [0.3, 0.4) is 0 Å². The van der Waals surface area contributed by atoms with Gasteiger partial charge in [0.2, 0.25) is 0 Å². The predicted molar refractivity (Wildman–Crippen MR) is 65.2 cm³/mol. The van der Waals surface area contributed by atoms with E-state index in [-0.39, 0.29) is 0 Å². The number of ether oxygens (including phenoxy) is 1. The fraction of sp³-hybridized carbons (Fsp3) is 0.167. The van der Waals surface area contributed by atoms with Crippen LogP contribution in [0, 0.1) is 0 Å². The normalized spacial score (nSPS) is 17.0. The van der Waals surface area contributed by atoms with Gasteiger partial charge < -0.3 is 9.57 Å². The number of hydrogen-bond donors (Lipinski definition) is 0. The number of benzene rings is 1. The van der Waals surface area contributed by atoms with Crippen LogP contribution in [0.5, 0.6) is 5.75 Å². The molecule has 0 saturated carbocycles. The van der Waals surface area contributed by atoms with Crippen molar-refractivity contribution in [1.82, 2.24) is 0 Å². The molecule has 2 rings (SSSR count). The molecule has 0 unspecified atom stereocenters. The van der Waals surface area contributed by atoms with Crippen molar-refractivity contribution >= 4 is 29.4 Å². The van der Waals surface area contributed by atoms with E-state index in [9.17, 15) is 4.79 Å². The molecule has 4 nitrogen and oxygen atoms in total. The second kappa shape index (κ2) is 4.59. The summed E-state index contributed by atoms with van der Waals surface area (Å²) in [6.07, 6.45) is 1.65. The summed E-state index contributed by atoms with van der Waals surface area (Å²) >= 11 is 5.90. The van der Waals surface area contributed by atoms with Gasteiger partial charge in [-0.25, -0.2) is 4.79 Å². The van der Waals surface area contributed by atoms with Crippen LogP contribution >= 0.6 is 11.6 Å². The minimum Gasteiger partial charge on any atom is -0.496 e. The predicted octanol–water partition coefficient (Wildman–Crippen LogP) is 2.66. The van der Waals surface area contributed by atoms with Crippen molar-refractivity contribution in [3.63, 3.8) is 0 Å². The molecule has 0 saturated heterocycles. The summed E-state index contributed by atoms with van der Waals surface area (Å²) < 4.78 is 5.19. The summed E-state index contributed by atoms with van der Waals surface area (Å²) in [6.45, 7) is 1.70. The zero-order valence-corrected chi connectivity index (χ0v) is 10.1. The van der Waals surface area contributed by atoms with Crippen LogP contribution in [0.2, 0.25) is 5.02 Å². The van der Waals surface area contributed by atoms with Crippen molar-refractivity contribution in [2.24, 2.45) is 5.16 Å². The third kappa shape index (κ3) is 2.31. The average Bonchev–Trinajstić information content (AvgIpc) is 2.61. The zero-order valence-electron chi connectivity index (χ0n) is 9.36. The molecular formula is C12H10ClNO3. The van der Waals surface area contributed by atoms with Crippen LogP contribution < -0.4 is 4.74 Å². The van der Waals surface area contributed by atoms with Crippen molar-refractivity contribution in [3.05, 3.63) is 34.4 Å². The lowest BCUT2D eigenvalue weighted by Crippen LogP contribution is -2.02. The van der Waals surface area contributed by atoms with Crippen LogP contribution in [0.25, 0.3) is 6.08 Å². The second-order valence-electron chi connectivity index (χ2n) is 3.50. The van der Waals surface area contributed by atoms with Crippen molar-refractivity contribution in [2.75, 3.05) is 7.11 Å². The molecule has 1 aliphatic heterocycles. The largest absolute Gasteiger partial charge is 0.496 e. The van der Waals surface area contributed by atoms with Gasteiger partial charge in [-0.15, -0.1) is 0 Å². The van der Waals surface area contributed by atoms with Crippen molar-refractivity contribution in [1.29, 1.82) is 0 Å². The maximum atomic E-state index is 11.4. The molecule has 1 aromatic carbocycles. The highest BCUT2D eigenvalue weighted by Gasteiger charge is 2.22. The molecule has 0 fully saturated rings. The first-order valence-electron chi connectivity index (χ1n) is 4.93. The molecule has 0 aliphatic carbocycles. The molecular weight excluding hydrogens is 242 g/mol. The van der Waals surface area contributed by atoms with Gasteiger partial charge in [-0.1, -0.05) is 16.8 Å². The third-order valence-corrected chi connectivity index (χ3v) is 2.60. The van der Waals surface area contributed by atoms with Gasteiger partial charge in [-0.2, -0.15) is 0 Å². The smallest absolute Gasteiger partial charge is 0.367 e. The third-order valence-electron chi connectivity index (χ3n) is 2.37. The lowest BCUT2D eigenvalue weighted by atomic mass is 10.1. The Kier molecular flexibility index (Phi) is 3.15. The number of halogens is 1. The maximum Gasteiger partial charge on any atom is 0.367 e. The van der Waals surface area contributed by atoms with Crippen molar-refractivity contribution in [3.8, 4) is 5.75 Å². The molecule has 1 heterocycles. The molecule has 0 bridgehead atoms. The Labute approximate surface area is 103 Å². The van der Waals surface area contributed by atoms with E-state index in [2.05, 4.69) is 9.99 Å². The minimum atomic E-state index is -0.468. The topological polar surface area (TPSA) is 47.9 Å². The molecule has 0 spiro atoms. The summed E-state index contributed by atoms with van der Waals surface area (Å²) in [6, 6.07) is 5.17. The van der Waals surface area contributed by atoms with Gasteiger partial charge in [0.15, 0.2) is 0 Å². The van der Waals surface area contributed by atoms with Gasteiger partial charge in [0.05, 0.1) is 18.4 Å². The molecule has 0 N–H and O–H groups in total. The number of carbonyl (C=O) groups is 1. The summed E-state index contributed by atoms with van der Waals surface area (Å²) in [5.41, 5.74) is 1.66. The molecule has 0 atom stereocenters. The Bertz CT molecular complexity index is 535. The Hall–Kier alpha value is -1.81. The first kappa shape index (κ1) is 11.7. The standard InChI is InChI=1S/C12H10ClNO3/c1-7-10(12(15)17-14-7)6-8-5-9(13)3-4-11(8)16-2/h3-6H,1-2H3. The Morgan fingerprint density at radius 1 is 1.47 bits per heavy atom. The number of hydrogen-bond acceptors (Lipinski definition) is 4. The van der Waals surface area contributed by atoms with E-state index in [0.29, 0.717) is 27.6 Å². The summed E-state index contributed by atoms with van der Waals surface area (Å²) in [5.74, 6) is 0.166. The molecule has 88 valence electrons. The number of carbonyl (C=O) groups excluding carboxylic acids is 1. The van der Waals surface area contributed by atoms with Crippen LogP contribution in [0.15, 0.2) is 28.9 Å². The minimum absolute atomic E-state index is 0.408. The quantitative estimate of drug-likeness (QED) is 0.600. The van der Waals surface area contributed by atoms with E-state index >= 15 is 0 Å². The van der Waals surface area contributed by atoms with E-state index in [1.54, 1.807) is 38.3 Å². The van der Waals surface area contributed by atoms with Crippen LogP contribution in [0.4, 0.5) is 0 Å². The van der Waals surface area contributed by atoms with Crippen LogP contribution in [0.1, 0.15) is 12.5 Å². The maximum absolute atomic E-state index is 11.4. The summed E-state index contributed by atoms with van der Waals surface area (Å²) in [7, 11) is 1.55. The number of rotatable bonds is 2. The second-order valence-corrected chi connectivity index (χ2v) is 3.94. The molecule has 5 heteroatoms. The van der Waals surface area contributed by atoms with E-state index in [1.807, 2.05) is 0 Å². The first-order valence-corrected chi connectivity index (χ1v) is 5.31. The van der Waals surface area contributed by atoms with Gasteiger partial charge in [0, 0.05) is 10.6 Å². The Morgan fingerprint density at radius 2 is 2.24 bits per heavy atom. The SMILES string of the molecule is COc1ccc(Cl)cc1C=C1C(=O)ON=C1C. The fourth-order valence-electron chi connectivity index (χ4n) is 1.49. The van der Waals surface area contributed by atoms with Crippen LogP contribution in [-0.2, 0) is 9.63 Å². The van der Waals surface area contributed by atoms with Gasteiger partial charge in [-0.05, 0) is 31.2 Å². The van der Waals surface area contributed by atoms with Gasteiger partial charge in [0.1, 0.15) is 5.75 Å². The first-order chi connectivity index (χ1) is 8.11. The zero-order chi connectivity index (χ0) is 12.4. The molecule has 1 aromatic rings. The highest BCUT2D eigenvalue weighted by atomic mass is 35.5. The summed E-state index contributed by atoms with van der Waals surface area (Å²) in [4.78, 5) is 16.0.